The van der Waals surface area contributed by atoms with Gasteiger partial charge in [0, 0.05) is 36.5 Å². The molecule has 2 atom stereocenters. The van der Waals surface area contributed by atoms with Crippen molar-refractivity contribution < 1.29 is 14.3 Å². The third-order valence-electron chi connectivity index (χ3n) is 6.76. The van der Waals surface area contributed by atoms with Gasteiger partial charge in [-0.05, 0) is 49.1 Å². The highest BCUT2D eigenvalue weighted by Gasteiger charge is 2.49. The Balaban J connectivity index is 1.48. The Hall–Kier alpha value is -2.34. The van der Waals surface area contributed by atoms with E-state index in [9.17, 15) is 9.59 Å². The molecule has 1 saturated heterocycles. The maximum Gasteiger partial charge on any atom is 0.356 e. The molecule has 162 valence electrons. The summed E-state index contributed by atoms with van der Waals surface area (Å²) in [6, 6.07) is 6.42. The maximum absolute atomic E-state index is 12.9. The summed E-state index contributed by atoms with van der Waals surface area (Å²) in [7, 11) is 1.35. The first-order chi connectivity index (χ1) is 14.1. The van der Waals surface area contributed by atoms with Gasteiger partial charge in [-0.25, -0.2) is 4.79 Å². The van der Waals surface area contributed by atoms with E-state index in [2.05, 4.69) is 36.0 Å². The second-order valence-corrected chi connectivity index (χ2v) is 10.4. The Morgan fingerprint density at radius 3 is 2.77 bits per heavy atom. The van der Waals surface area contributed by atoms with E-state index >= 15 is 0 Å². The third-order valence-corrected chi connectivity index (χ3v) is 6.76. The number of ether oxygens (including phenoxy) is 1. The summed E-state index contributed by atoms with van der Waals surface area (Å²) in [6.07, 6.45) is 4.08. The van der Waals surface area contributed by atoms with E-state index < -0.39 is 5.97 Å². The molecule has 2 aliphatic rings. The summed E-state index contributed by atoms with van der Waals surface area (Å²) in [5, 5.41) is 3.82. The van der Waals surface area contributed by atoms with Gasteiger partial charge in [0.1, 0.15) is 5.69 Å². The molecule has 2 aromatic rings. The van der Waals surface area contributed by atoms with E-state index in [1.165, 1.54) is 26.4 Å². The van der Waals surface area contributed by atoms with Gasteiger partial charge in [0.2, 0.25) is 5.91 Å². The molecule has 30 heavy (non-hydrogen) atoms. The first-order valence-electron chi connectivity index (χ1n) is 10.8. The monoisotopic (exact) mass is 411 g/mol. The van der Waals surface area contributed by atoms with Crippen LogP contribution in [0.15, 0.2) is 18.2 Å². The number of hydrogen-bond donors (Lipinski definition) is 2. The Morgan fingerprint density at radius 1 is 1.27 bits per heavy atom. The van der Waals surface area contributed by atoms with Crippen molar-refractivity contribution in [1.82, 2.24) is 9.88 Å². The zero-order valence-corrected chi connectivity index (χ0v) is 18.7. The van der Waals surface area contributed by atoms with E-state index in [1.807, 2.05) is 25.1 Å². The van der Waals surface area contributed by atoms with Crippen LogP contribution in [0.3, 0.4) is 0 Å². The number of aryl methyl sites for hydroxylation is 1. The number of anilines is 1. The maximum atomic E-state index is 12.9. The molecule has 0 unspecified atom stereocenters. The molecule has 2 heterocycles. The summed E-state index contributed by atoms with van der Waals surface area (Å²) < 4.78 is 4.91. The molecular formula is C24H33N3O3. The van der Waals surface area contributed by atoms with Crippen LogP contribution in [-0.2, 0) is 9.53 Å². The molecule has 6 nitrogen and oxygen atoms in total. The molecule has 1 amide bonds. The lowest BCUT2D eigenvalue weighted by molar-refractivity contribution is -0.116. The SMILES string of the molecule is COC(=O)c1[nH]c2ccc(C)cc2c1NC(=O)CCN1C[C@]2(C)C[C@H]1CC(C)(C)C2. The summed E-state index contributed by atoms with van der Waals surface area (Å²) in [6.45, 7) is 10.9. The molecule has 2 fully saturated rings. The summed E-state index contributed by atoms with van der Waals surface area (Å²) in [4.78, 5) is 30.7. The van der Waals surface area contributed by atoms with Gasteiger partial charge in [-0.2, -0.15) is 0 Å². The average molecular weight is 412 g/mol. The van der Waals surface area contributed by atoms with Crippen LogP contribution >= 0.6 is 0 Å². The van der Waals surface area contributed by atoms with Crippen molar-refractivity contribution in [1.29, 1.82) is 0 Å². The zero-order valence-electron chi connectivity index (χ0n) is 18.7. The number of carbonyl (C=O) groups excluding carboxylic acids is 2. The molecule has 2 bridgehead atoms. The van der Waals surface area contributed by atoms with Crippen molar-refractivity contribution in [3.63, 3.8) is 0 Å². The van der Waals surface area contributed by atoms with E-state index in [0.717, 1.165) is 29.6 Å². The molecule has 0 spiro atoms. The molecular weight excluding hydrogens is 378 g/mol. The fourth-order valence-corrected chi connectivity index (χ4v) is 5.98. The third kappa shape index (κ3) is 3.97. The van der Waals surface area contributed by atoms with Crippen molar-refractivity contribution in [3.8, 4) is 0 Å². The van der Waals surface area contributed by atoms with Crippen LogP contribution < -0.4 is 5.32 Å². The van der Waals surface area contributed by atoms with Crippen molar-refractivity contribution in [2.75, 3.05) is 25.5 Å². The van der Waals surface area contributed by atoms with E-state index in [4.69, 9.17) is 4.74 Å². The average Bonchev–Trinajstić information content (AvgIpc) is 3.12. The van der Waals surface area contributed by atoms with Crippen molar-refractivity contribution in [2.45, 2.75) is 59.4 Å². The Labute approximate surface area is 178 Å². The first kappa shape index (κ1) is 20.9. The lowest BCUT2D eigenvalue weighted by Crippen LogP contribution is -2.35. The largest absolute Gasteiger partial charge is 0.464 e. The standard InChI is InChI=1S/C24H33N3O3/c1-15-6-7-18-17(10-15)20(21(25-18)22(29)30-5)26-19(28)8-9-27-14-24(4)12-16(27)11-23(2,3)13-24/h6-7,10,16,25H,8-9,11-14H2,1-5H3,(H,26,28)/t16-,24-/m1/s1. The number of amides is 1. The fourth-order valence-electron chi connectivity index (χ4n) is 5.98. The van der Waals surface area contributed by atoms with Crippen molar-refractivity contribution >= 4 is 28.5 Å². The topological polar surface area (TPSA) is 74.4 Å². The lowest BCUT2D eigenvalue weighted by atomic mass is 9.65. The molecule has 4 rings (SSSR count). The van der Waals surface area contributed by atoms with Gasteiger partial charge in [0.15, 0.2) is 0 Å². The van der Waals surface area contributed by atoms with Crippen LogP contribution in [0.2, 0.25) is 0 Å². The Kier molecular flexibility index (Phi) is 5.17. The molecule has 0 radical (unpaired) electrons. The molecule has 1 aliphatic carbocycles. The van der Waals surface area contributed by atoms with Crippen LogP contribution in [0.5, 0.6) is 0 Å². The van der Waals surface area contributed by atoms with E-state index in [-0.39, 0.29) is 11.6 Å². The molecule has 6 heteroatoms. The number of likely N-dealkylation sites (tertiary alicyclic amines) is 1. The summed E-state index contributed by atoms with van der Waals surface area (Å²) in [5.41, 5.74) is 3.39. The van der Waals surface area contributed by atoms with Crippen LogP contribution in [0.1, 0.15) is 62.5 Å². The van der Waals surface area contributed by atoms with Crippen molar-refractivity contribution in [3.05, 3.63) is 29.5 Å². The van der Waals surface area contributed by atoms with Crippen LogP contribution in [0, 0.1) is 17.8 Å². The van der Waals surface area contributed by atoms with Gasteiger partial charge in [-0.1, -0.05) is 32.4 Å². The minimum absolute atomic E-state index is 0.0755. The second kappa shape index (κ2) is 7.41. The fraction of sp³-hybridized carbons (Fsp3) is 0.583. The number of carbonyl (C=O) groups is 2. The first-order valence-corrected chi connectivity index (χ1v) is 10.8. The quantitative estimate of drug-likeness (QED) is 0.711. The van der Waals surface area contributed by atoms with Gasteiger partial charge >= 0.3 is 5.97 Å². The second-order valence-electron chi connectivity index (χ2n) is 10.4. The number of aromatic nitrogens is 1. The molecule has 1 aliphatic heterocycles. The highest BCUT2D eigenvalue weighted by Crippen LogP contribution is 2.52. The number of esters is 1. The van der Waals surface area contributed by atoms with E-state index in [1.54, 1.807) is 0 Å². The predicted octanol–water partition coefficient (Wildman–Crippen LogP) is 4.49. The van der Waals surface area contributed by atoms with Gasteiger partial charge in [-0.3, -0.25) is 9.69 Å². The molecule has 1 aromatic carbocycles. The van der Waals surface area contributed by atoms with Gasteiger partial charge < -0.3 is 15.0 Å². The normalized spacial score (nSPS) is 25.4. The van der Waals surface area contributed by atoms with Crippen LogP contribution in [0.4, 0.5) is 5.69 Å². The number of H-pyrrole nitrogens is 1. The predicted molar refractivity (Wildman–Crippen MR) is 119 cm³/mol. The smallest absolute Gasteiger partial charge is 0.356 e. The Morgan fingerprint density at radius 2 is 2.03 bits per heavy atom. The number of rotatable bonds is 5. The Bertz CT molecular complexity index is 993. The van der Waals surface area contributed by atoms with Gasteiger partial charge in [0.05, 0.1) is 12.8 Å². The van der Waals surface area contributed by atoms with Crippen LogP contribution in [0.25, 0.3) is 10.9 Å². The summed E-state index contributed by atoms with van der Waals surface area (Å²) in [5.74, 6) is -0.559. The van der Waals surface area contributed by atoms with Crippen molar-refractivity contribution in [2.24, 2.45) is 10.8 Å². The highest BCUT2D eigenvalue weighted by molar-refractivity contribution is 6.11. The number of nitrogens with zero attached hydrogens (tertiary/aromatic N) is 1. The number of methoxy groups -OCH3 is 1. The number of fused-ring (bicyclic) bond motifs is 3. The minimum Gasteiger partial charge on any atom is -0.464 e. The lowest BCUT2D eigenvalue weighted by Gasteiger charge is -2.39. The van der Waals surface area contributed by atoms with Gasteiger partial charge in [0.25, 0.3) is 0 Å². The summed E-state index contributed by atoms with van der Waals surface area (Å²) >= 11 is 0. The molecule has 1 saturated carbocycles. The molecule has 2 N–H and O–H groups in total. The van der Waals surface area contributed by atoms with Crippen LogP contribution in [-0.4, -0.2) is 48.0 Å². The van der Waals surface area contributed by atoms with Gasteiger partial charge in [-0.15, -0.1) is 0 Å². The zero-order chi connectivity index (χ0) is 21.7. The van der Waals surface area contributed by atoms with E-state index in [0.29, 0.717) is 29.0 Å². The number of hydrogen-bond acceptors (Lipinski definition) is 4. The minimum atomic E-state index is -0.484. The number of benzene rings is 1. The number of aromatic amines is 1. The highest BCUT2D eigenvalue weighted by atomic mass is 16.5. The number of nitrogens with one attached hydrogen (secondary N) is 2. The molecule has 1 aromatic heterocycles.